The molecule has 5 heterocycles. The van der Waals surface area contributed by atoms with Gasteiger partial charge in [-0.05, 0) is 69.0 Å². The van der Waals surface area contributed by atoms with Crippen molar-refractivity contribution in [2.24, 2.45) is 0 Å². The third kappa shape index (κ3) is 12.1. The van der Waals surface area contributed by atoms with E-state index in [1.54, 1.807) is 13.0 Å². The molecule has 1 fully saturated rings. The molecule has 6 rings (SSSR count). The number of nitrogens with zero attached hydrogens (tertiary/aromatic N) is 5. The van der Waals surface area contributed by atoms with E-state index in [1.165, 1.54) is 17.0 Å². The molecule has 65 heavy (non-hydrogen) atoms. The van der Waals surface area contributed by atoms with Gasteiger partial charge in [0.25, 0.3) is 0 Å². The second kappa shape index (κ2) is 19.8. The highest BCUT2D eigenvalue weighted by molar-refractivity contribution is 8.08. The Hall–Kier alpha value is -4.46. The molecule has 0 aliphatic carbocycles. The molecule has 1 aromatic carbocycles. The van der Waals surface area contributed by atoms with Crippen molar-refractivity contribution in [2.45, 2.75) is 83.0 Å². The lowest BCUT2D eigenvalue weighted by Gasteiger charge is -2.47. The lowest BCUT2D eigenvalue weighted by Crippen LogP contribution is -2.49. The second-order valence-corrected chi connectivity index (χ2v) is 21.3. The number of esters is 1. The molecule has 30 heteroatoms. The first kappa shape index (κ1) is 50.0. The Kier molecular flexibility index (Phi) is 15.2. The van der Waals surface area contributed by atoms with Gasteiger partial charge in [0.15, 0.2) is 23.8 Å². The minimum absolute atomic E-state index is 0.0165. The first-order valence-corrected chi connectivity index (χ1v) is 25.3. The minimum atomic E-state index is -5.67. The van der Waals surface area contributed by atoms with Gasteiger partial charge in [0.05, 0.1) is 19.5 Å². The van der Waals surface area contributed by atoms with Crippen molar-refractivity contribution in [3.63, 3.8) is 0 Å². The molecule has 2 aliphatic rings. The molecule has 9 N–H and O–H groups in total. The van der Waals surface area contributed by atoms with Crippen molar-refractivity contribution < 1.29 is 80.0 Å². The number of phosphoric acid groups is 2. The quantitative estimate of drug-likeness (QED) is 0.0306. The van der Waals surface area contributed by atoms with Crippen molar-refractivity contribution in [1.82, 2.24) is 30.2 Å². The number of aromatic nitrogens is 4. The number of phosphoric ester groups is 1. The number of aliphatic hydroxyl groups excluding tert-OH is 1. The zero-order valence-corrected chi connectivity index (χ0v) is 38.5. The number of nitrogens with one attached hydrogen (secondary N) is 2. The summed E-state index contributed by atoms with van der Waals surface area (Å²) in [6.45, 7) is 2.34. The summed E-state index contributed by atoms with van der Waals surface area (Å²) >= 11 is 4.08. The Balaban J connectivity index is 1.04. The standard InChI is InChI=1S/C35H47N8O18P3S/c1-5-55-32(46)21-12-19-11-20-18(2)14-35(3,4)43(22(20)13-23(19)58-33(21)47)10-6-7-25(44)37-8-9-38-34(48)59-28-24(15-56-62(49,50)60-63(51,52)61-64(53,54)65)57-31(27(28)45)42-17-41-26-29(36)39-16-40-30(26)42/h11-13,16-18,24,27-28,31,45H,5-10,14-15H2,1-4H3,(H,37,44)(H,38,48)(H,49,50)(H,51,52)(H2,36,39,40)(H2,53,54,65)/t18?,24-,27-,28-,31-/m1/s1. The van der Waals surface area contributed by atoms with Gasteiger partial charge < -0.3 is 64.6 Å². The SMILES string of the molecule is CCOC(=O)c1cc2cc3c(cc2oc1=O)N(CCCC(=O)NCCNC(=O)O[C@H]1[C@@H](O)[C@H](n2cnc4c(N)ncnc42)O[C@@H]1COP(=O)(O)OP(=O)(O)OP(O)(O)=S)C(C)(C)CC3C. The Morgan fingerprint density at radius 3 is 2.48 bits per heavy atom. The van der Waals surface area contributed by atoms with E-state index in [1.807, 2.05) is 6.07 Å². The Morgan fingerprint density at radius 2 is 1.77 bits per heavy atom. The summed E-state index contributed by atoms with van der Waals surface area (Å²) in [5.74, 6) is -0.989. The predicted molar refractivity (Wildman–Crippen MR) is 230 cm³/mol. The molecule has 1 saturated heterocycles. The number of alkyl carbamates (subject to hydrolysis) is 1. The van der Waals surface area contributed by atoms with E-state index >= 15 is 0 Å². The number of nitrogen functional groups attached to an aromatic ring is 1. The van der Waals surface area contributed by atoms with E-state index in [-0.39, 0.29) is 66.0 Å². The zero-order chi connectivity index (χ0) is 47.6. The number of anilines is 2. The van der Waals surface area contributed by atoms with Gasteiger partial charge in [-0.15, -0.1) is 0 Å². The zero-order valence-electron chi connectivity index (χ0n) is 35.0. The molecule has 2 aliphatic heterocycles. The Morgan fingerprint density at radius 1 is 1.05 bits per heavy atom. The third-order valence-electron chi connectivity index (χ3n) is 10.3. The van der Waals surface area contributed by atoms with Crippen LogP contribution in [0.3, 0.4) is 0 Å². The smallest absolute Gasteiger partial charge is 0.462 e. The molecule has 2 amide bonds. The molecule has 0 bridgehead atoms. The molecule has 26 nitrogen and oxygen atoms in total. The lowest BCUT2D eigenvalue weighted by atomic mass is 9.79. The molecular formula is C35H47N8O18P3S. The maximum absolute atomic E-state index is 13.0. The van der Waals surface area contributed by atoms with E-state index in [0.717, 1.165) is 24.0 Å². The van der Waals surface area contributed by atoms with Crippen molar-refractivity contribution in [3.8, 4) is 0 Å². The predicted octanol–water partition coefficient (Wildman–Crippen LogP) is 2.19. The van der Waals surface area contributed by atoms with E-state index in [0.29, 0.717) is 23.9 Å². The summed E-state index contributed by atoms with van der Waals surface area (Å²) in [6.07, 6.45) is -4.00. The molecule has 3 aromatic heterocycles. The first-order chi connectivity index (χ1) is 30.4. The molecule has 0 saturated carbocycles. The molecule has 4 aromatic rings. The number of carbonyl (C=O) groups is 3. The van der Waals surface area contributed by atoms with E-state index in [4.69, 9.17) is 28.9 Å². The lowest BCUT2D eigenvalue weighted by molar-refractivity contribution is -0.121. The number of aliphatic hydroxyl groups is 1. The first-order valence-electron chi connectivity index (χ1n) is 19.7. The van der Waals surface area contributed by atoms with Crippen LogP contribution in [0.15, 0.2) is 40.1 Å². The number of hydrogen-bond acceptors (Lipinski definition) is 20. The van der Waals surface area contributed by atoms with Crippen LogP contribution in [-0.4, -0.2) is 119 Å². The van der Waals surface area contributed by atoms with Crippen molar-refractivity contribution >= 4 is 85.8 Å². The van der Waals surface area contributed by atoms with Gasteiger partial charge in [0.2, 0.25) is 5.91 Å². The van der Waals surface area contributed by atoms with Gasteiger partial charge in [0, 0.05) is 48.7 Å². The highest BCUT2D eigenvalue weighted by Crippen LogP contribution is 2.66. The number of amides is 2. The number of ether oxygens (including phenoxy) is 3. The van der Waals surface area contributed by atoms with Gasteiger partial charge in [0.1, 0.15) is 35.2 Å². The highest BCUT2D eigenvalue weighted by atomic mass is 32.5. The van der Waals surface area contributed by atoms with Gasteiger partial charge >= 0.3 is 40.1 Å². The Labute approximate surface area is 373 Å². The number of hydrogen-bond donors (Lipinski definition) is 8. The van der Waals surface area contributed by atoms with Gasteiger partial charge in [-0.25, -0.2) is 42.8 Å². The largest absolute Gasteiger partial charge is 0.488 e. The van der Waals surface area contributed by atoms with Gasteiger partial charge in [-0.1, -0.05) is 6.92 Å². The van der Waals surface area contributed by atoms with Crippen LogP contribution in [0.1, 0.15) is 75.0 Å². The van der Waals surface area contributed by atoms with E-state index in [9.17, 15) is 53.0 Å². The number of fused-ring (bicyclic) bond motifs is 3. The summed E-state index contributed by atoms with van der Waals surface area (Å²) in [7, 11) is -11.3. The topological polar surface area (TPSA) is 369 Å². The van der Waals surface area contributed by atoms with Crippen LogP contribution in [0.5, 0.6) is 0 Å². The van der Waals surface area contributed by atoms with Gasteiger partial charge in [-0.2, -0.15) is 4.31 Å². The number of benzene rings is 1. The summed E-state index contributed by atoms with van der Waals surface area (Å²) < 4.78 is 60.2. The van der Waals surface area contributed by atoms with Crippen LogP contribution in [0.4, 0.5) is 16.3 Å². The number of carbonyl (C=O) groups excluding carboxylic acids is 3. The van der Waals surface area contributed by atoms with Crippen LogP contribution in [0.25, 0.3) is 22.1 Å². The number of imidazole rings is 1. The fourth-order valence-corrected chi connectivity index (χ4v) is 11.4. The summed E-state index contributed by atoms with van der Waals surface area (Å²) in [5, 5.41) is 17.0. The highest BCUT2D eigenvalue weighted by Gasteiger charge is 2.49. The van der Waals surface area contributed by atoms with Gasteiger partial charge in [-0.3, -0.25) is 13.9 Å². The van der Waals surface area contributed by atoms with Crippen molar-refractivity contribution in [1.29, 1.82) is 0 Å². The number of rotatable bonds is 18. The Bertz CT molecular complexity index is 2660. The van der Waals surface area contributed by atoms with E-state index < -0.39 is 71.2 Å². The van der Waals surface area contributed by atoms with Crippen LogP contribution < -0.4 is 26.9 Å². The monoisotopic (exact) mass is 992 g/mol. The molecule has 0 radical (unpaired) electrons. The molecule has 7 atom stereocenters. The van der Waals surface area contributed by atoms with Crippen molar-refractivity contribution in [3.05, 3.63) is 52.4 Å². The van der Waals surface area contributed by atoms with Crippen molar-refractivity contribution in [2.75, 3.05) is 43.5 Å². The normalized spacial score (nSPS) is 22.5. The maximum atomic E-state index is 13.0. The maximum Gasteiger partial charge on any atom is 0.488 e. The molecular weight excluding hydrogens is 945 g/mol. The molecule has 0 spiro atoms. The second-order valence-electron chi connectivity index (χ2n) is 15.5. The average Bonchev–Trinajstić information content (AvgIpc) is 3.75. The minimum Gasteiger partial charge on any atom is -0.462 e. The molecule has 356 valence electrons. The summed E-state index contributed by atoms with van der Waals surface area (Å²) in [5.41, 5.74) is 6.84. The fourth-order valence-electron chi connectivity index (χ4n) is 7.65. The van der Waals surface area contributed by atoms with Crippen LogP contribution in [0, 0.1) is 0 Å². The third-order valence-corrected chi connectivity index (χ3v) is 14.7. The number of nitrogens with two attached hydrogens (primary N) is 1. The van der Waals surface area contributed by atoms with E-state index in [2.05, 4.69) is 71.7 Å². The average molecular weight is 993 g/mol. The fraction of sp³-hybridized carbons (Fsp3) is 0.514. The van der Waals surface area contributed by atoms with Crippen LogP contribution >= 0.6 is 22.4 Å². The van der Waals surface area contributed by atoms with Crippen LogP contribution in [-0.2, 0) is 53.1 Å². The summed E-state index contributed by atoms with van der Waals surface area (Å²) in [6, 6.07) is 5.15. The molecule has 3 unspecified atom stereocenters. The summed E-state index contributed by atoms with van der Waals surface area (Å²) in [4.78, 5) is 103. The van der Waals surface area contributed by atoms with Crippen LogP contribution in [0.2, 0.25) is 0 Å².